The van der Waals surface area contributed by atoms with Gasteiger partial charge in [0.25, 0.3) is 5.91 Å². The Bertz CT molecular complexity index is 1080. The van der Waals surface area contributed by atoms with E-state index in [1.165, 1.54) is 19.2 Å². The van der Waals surface area contributed by atoms with Crippen molar-refractivity contribution in [3.05, 3.63) is 70.5 Å². The molecule has 2 aromatic carbocycles. The summed E-state index contributed by atoms with van der Waals surface area (Å²) in [5.74, 6) is -2.56. The second-order valence-electron chi connectivity index (χ2n) is 9.78. The van der Waals surface area contributed by atoms with Crippen molar-refractivity contribution in [1.82, 2.24) is 15.5 Å². The largest absolute Gasteiger partial charge is 0.395 e. The zero-order chi connectivity index (χ0) is 26.7. The summed E-state index contributed by atoms with van der Waals surface area (Å²) < 4.78 is 56.3. The van der Waals surface area contributed by atoms with E-state index in [-0.39, 0.29) is 37.4 Å². The minimum Gasteiger partial charge on any atom is -0.355 e. The number of hydrogen-bond acceptors (Lipinski definition) is 3. The van der Waals surface area contributed by atoms with Crippen LogP contribution in [0, 0.1) is 18.2 Å². The molecule has 0 saturated heterocycles. The van der Waals surface area contributed by atoms with Crippen LogP contribution in [-0.2, 0) is 11.2 Å². The average molecular weight is 508 g/mol. The molecule has 196 valence electrons. The molecular weight excluding hydrogens is 474 g/mol. The Morgan fingerprint density at radius 2 is 1.75 bits per heavy atom. The maximum atomic E-state index is 14.5. The first-order valence-electron chi connectivity index (χ1n) is 12.0. The highest BCUT2D eigenvalue weighted by molar-refractivity contribution is 5.94. The predicted octanol–water partition coefficient (Wildman–Crippen LogP) is 4.60. The lowest BCUT2D eigenvalue weighted by atomic mass is 9.80. The highest BCUT2D eigenvalue weighted by Crippen LogP contribution is 2.66. The second kappa shape index (κ2) is 11.0. The van der Waals surface area contributed by atoms with Crippen molar-refractivity contribution in [3.8, 4) is 0 Å². The number of carbonyl (C=O) groups excluding carboxylic acids is 2. The summed E-state index contributed by atoms with van der Waals surface area (Å²) in [6.07, 6.45) is -4.24. The Morgan fingerprint density at radius 3 is 2.28 bits per heavy atom. The summed E-state index contributed by atoms with van der Waals surface area (Å²) in [7, 11) is 5.06. The number of amides is 2. The first-order chi connectivity index (χ1) is 16.9. The Hall–Kier alpha value is -2.94. The maximum absolute atomic E-state index is 14.5. The van der Waals surface area contributed by atoms with E-state index < -0.39 is 35.1 Å². The fraction of sp³-hybridized carbons (Fsp3) is 0.481. The Balaban J connectivity index is 1.71. The normalized spacial score (nSPS) is 16.4. The number of nitrogens with one attached hydrogen (secondary N) is 2. The van der Waals surface area contributed by atoms with Crippen molar-refractivity contribution in [1.29, 1.82) is 0 Å². The molecule has 2 amide bonds. The van der Waals surface area contributed by atoms with Crippen LogP contribution in [0.25, 0.3) is 0 Å². The summed E-state index contributed by atoms with van der Waals surface area (Å²) in [4.78, 5) is 26.6. The van der Waals surface area contributed by atoms with Gasteiger partial charge >= 0.3 is 6.18 Å². The molecule has 5 nitrogen and oxygen atoms in total. The minimum absolute atomic E-state index is 0.0144. The number of alkyl halides is 3. The monoisotopic (exact) mass is 507 g/mol. The van der Waals surface area contributed by atoms with Crippen LogP contribution in [0.3, 0.4) is 0 Å². The molecule has 9 heteroatoms. The van der Waals surface area contributed by atoms with Gasteiger partial charge in [0.2, 0.25) is 5.91 Å². The van der Waals surface area contributed by atoms with Crippen molar-refractivity contribution in [2.75, 3.05) is 27.7 Å². The van der Waals surface area contributed by atoms with Gasteiger partial charge < -0.3 is 15.5 Å². The smallest absolute Gasteiger partial charge is 0.355 e. The first-order valence-corrected chi connectivity index (χ1v) is 12.0. The third-order valence-electron chi connectivity index (χ3n) is 7.23. The predicted molar refractivity (Wildman–Crippen MR) is 130 cm³/mol. The molecule has 1 saturated carbocycles. The zero-order valence-corrected chi connectivity index (χ0v) is 21.0. The quantitative estimate of drug-likeness (QED) is 0.462. The van der Waals surface area contributed by atoms with Gasteiger partial charge in [-0.2, -0.15) is 13.2 Å². The second-order valence-corrected chi connectivity index (χ2v) is 9.78. The molecular formula is C27H33F4N3O2. The van der Waals surface area contributed by atoms with E-state index in [1.54, 1.807) is 37.3 Å². The molecule has 2 atom stereocenters. The summed E-state index contributed by atoms with van der Waals surface area (Å²) >= 11 is 0. The number of rotatable bonds is 10. The lowest BCUT2D eigenvalue weighted by Gasteiger charge is -2.30. The lowest BCUT2D eigenvalue weighted by Crippen LogP contribution is -2.43. The molecule has 0 heterocycles. The van der Waals surface area contributed by atoms with Gasteiger partial charge in [-0.25, -0.2) is 4.39 Å². The minimum atomic E-state index is -4.39. The van der Waals surface area contributed by atoms with Crippen LogP contribution in [0.1, 0.15) is 52.2 Å². The molecule has 2 N–H and O–H groups in total. The van der Waals surface area contributed by atoms with Crippen LogP contribution in [0.5, 0.6) is 0 Å². The zero-order valence-electron chi connectivity index (χ0n) is 21.0. The molecule has 1 fully saturated rings. The molecule has 0 radical (unpaired) electrons. The van der Waals surface area contributed by atoms with E-state index in [9.17, 15) is 27.2 Å². The lowest BCUT2D eigenvalue weighted by molar-refractivity contribution is -0.194. The molecule has 1 unspecified atom stereocenters. The van der Waals surface area contributed by atoms with Gasteiger partial charge in [-0.3, -0.25) is 9.59 Å². The molecule has 0 spiro atoms. The van der Waals surface area contributed by atoms with Gasteiger partial charge in [-0.15, -0.1) is 0 Å². The highest BCUT2D eigenvalue weighted by Gasteiger charge is 2.67. The molecule has 3 rings (SSSR count). The van der Waals surface area contributed by atoms with Gasteiger partial charge in [-0.1, -0.05) is 30.3 Å². The maximum Gasteiger partial charge on any atom is 0.395 e. The van der Waals surface area contributed by atoms with Crippen LogP contribution in [-0.4, -0.2) is 56.6 Å². The summed E-state index contributed by atoms with van der Waals surface area (Å²) in [5, 5.41) is 5.21. The Morgan fingerprint density at radius 1 is 1.11 bits per heavy atom. The van der Waals surface area contributed by atoms with Crippen molar-refractivity contribution in [3.63, 3.8) is 0 Å². The molecule has 36 heavy (non-hydrogen) atoms. The van der Waals surface area contributed by atoms with Crippen LogP contribution in [0.4, 0.5) is 17.6 Å². The molecule has 1 aliphatic carbocycles. The fourth-order valence-electron chi connectivity index (χ4n) is 4.71. The van der Waals surface area contributed by atoms with Gasteiger partial charge in [0.1, 0.15) is 5.82 Å². The Kier molecular flexibility index (Phi) is 8.44. The number of aryl methyl sites for hydroxylation is 1. The van der Waals surface area contributed by atoms with Gasteiger partial charge in [0, 0.05) is 32.0 Å². The first kappa shape index (κ1) is 27.6. The van der Waals surface area contributed by atoms with Gasteiger partial charge in [-0.05, 0) is 69.1 Å². The fourth-order valence-corrected chi connectivity index (χ4v) is 4.71. The molecule has 0 bridgehead atoms. The summed E-state index contributed by atoms with van der Waals surface area (Å²) in [6.45, 7) is 1.97. The third-order valence-corrected chi connectivity index (χ3v) is 7.23. The van der Waals surface area contributed by atoms with Crippen LogP contribution >= 0.6 is 0 Å². The average Bonchev–Trinajstić information content (AvgIpc) is 3.64. The molecule has 0 aromatic heterocycles. The van der Waals surface area contributed by atoms with E-state index in [1.807, 2.05) is 19.0 Å². The number of nitrogens with zero attached hydrogens (tertiary/aromatic N) is 1. The van der Waals surface area contributed by atoms with E-state index >= 15 is 0 Å². The van der Waals surface area contributed by atoms with Crippen LogP contribution in [0.15, 0.2) is 42.5 Å². The van der Waals surface area contributed by atoms with Crippen molar-refractivity contribution >= 4 is 11.8 Å². The van der Waals surface area contributed by atoms with Crippen LogP contribution in [0.2, 0.25) is 0 Å². The van der Waals surface area contributed by atoms with Crippen molar-refractivity contribution < 1.29 is 27.2 Å². The third kappa shape index (κ3) is 6.06. The van der Waals surface area contributed by atoms with E-state index in [4.69, 9.17) is 0 Å². The summed E-state index contributed by atoms with van der Waals surface area (Å²) in [5.41, 5.74) is 0.0174. The Labute approximate surface area is 209 Å². The number of carbonyl (C=O) groups is 2. The SMILES string of the molecule is CNC(=O)c1cc(C)c(C[C@@H](CNC(=O)CC(c2ccccc2)C2(C(F)(F)F)CC2)N(C)C)cc1F. The number of benzene rings is 2. The number of halogens is 4. The molecule has 2 aromatic rings. The number of hydrogen-bond donors (Lipinski definition) is 2. The highest BCUT2D eigenvalue weighted by atomic mass is 19.4. The van der Waals surface area contributed by atoms with Crippen LogP contribution < -0.4 is 10.6 Å². The van der Waals surface area contributed by atoms with Gasteiger partial charge in [0.15, 0.2) is 0 Å². The topological polar surface area (TPSA) is 61.4 Å². The van der Waals surface area contributed by atoms with E-state index in [0.717, 1.165) is 5.56 Å². The molecule has 0 aliphatic heterocycles. The number of likely N-dealkylation sites (N-methyl/N-ethyl adjacent to an activating group) is 1. The van der Waals surface area contributed by atoms with E-state index in [0.29, 0.717) is 17.5 Å². The molecule has 1 aliphatic rings. The van der Waals surface area contributed by atoms with Crippen molar-refractivity contribution in [2.24, 2.45) is 5.41 Å². The van der Waals surface area contributed by atoms with Gasteiger partial charge in [0.05, 0.1) is 11.0 Å². The summed E-state index contributed by atoms with van der Waals surface area (Å²) in [6, 6.07) is 11.0. The van der Waals surface area contributed by atoms with E-state index in [2.05, 4.69) is 10.6 Å². The standard InChI is InChI=1S/C27H33F4N3O2/c1-17-12-21(25(36)32-2)23(28)14-19(17)13-20(34(3)4)16-33-24(35)15-22(18-8-6-5-7-9-18)26(10-11-26)27(29,30)31/h5-9,12,14,20,22H,10-11,13,15-16H2,1-4H3,(H,32,36)(H,33,35)/t20-,22?/m0/s1. The van der Waals surface area contributed by atoms with Crippen molar-refractivity contribution in [2.45, 2.75) is 50.7 Å².